The maximum absolute atomic E-state index is 11.7. The summed E-state index contributed by atoms with van der Waals surface area (Å²) in [5, 5.41) is 19.1. The van der Waals surface area contributed by atoms with E-state index in [9.17, 15) is 28.2 Å². The summed E-state index contributed by atoms with van der Waals surface area (Å²) in [4.78, 5) is 25.6. The van der Waals surface area contributed by atoms with Crippen LogP contribution in [0.25, 0.3) is 11.1 Å². The van der Waals surface area contributed by atoms with Gasteiger partial charge in [-0.25, -0.2) is 18.0 Å². The maximum atomic E-state index is 11.7. The van der Waals surface area contributed by atoms with Crippen molar-refractivity contribution in [3.63, 3.8) is 0 Å². The summed E-state index contributed by atoms with van der Waals surface area (Å²) in [6, 6.07) is 11.2. The number of fused-ring (bicyclic) bond motifs is 1. The number of anilines is 3. The van der Waals surface area contributed by atoms with E-state index in [-0.39, 0.29) is 12.2 Å². The van der Waals surface area contributed by atoms with E-state index in [0.717, 1.165) is 25.9 Å². The zero-order valence-corrected chi connectivity index (χ0v) is 16.9. The van der Waals surface area contributed by atoms with Crippen LogP contribution in [0.5, 0.6) is 0 Å². The van der Waals surface area contributed by atoms with Gasteiger partial charge in [0.25, 0.3) is 0 Å². The largest absolute Gasteiger partial charge is 0.465 e. The van der Waals surface area contributed by atoms with Crippen LogP contribution in [0.1, 0.15) is 6.92 Å². The molecular weight excluding hydrogens is 398 g/mol. The van der Waals surface area contributed by atoms with E-state index in [2.05, 4.69) is 0 Å². The summed E-state index contributed by atoms with van der Waals surface area (Å²) >= 11 is 0. The Morgan fingerprint density at radius 1 is 1.00 bits per heavy atom. The van der Waals surface area contributed by atoms with Crippen LogP contribution >= 0.6 is 0 Å². The Kier molecular flexibility index (Phi) is 5.14. The average Bonchev–Trinajstić information content (AvgIpc) is 2.65. The third-order valence-electron chi connectivity index (χ3n) is 4.91. The molecule has 0 aromatic heterocycles. The third kappa shape index (κ3) is 3.83. The molecule has 0 spiro atoms. The molecule has 0 radical (unpaired) electrons. The zero-order valence-electron chi connectivity index (χ0n) is 16.1. The highest BCUT2D eigenvalue weighted by Crippen LogP contribution is 2.39. The lowest BCUT2D eigenvalue weighted by molar-refractivity contribution is 0.194. The molecule has 154 valence electrons. The molecule has 29 heavy (non-hydrogen) atoms. The minimum absolute atomic E-state index is 0.0240. The van der Waals surface area contributed by atoms with E-state index in [1.54, 1.807) is 49.4 Å². The van der Waals surface area contributed by atoms with Crippen LogP contribution in [-0.2, 0) is 10.0 Å². The van der Waals surface area contributed by atoms with Crippen molar-refractivity contribution in [1.29, 1.82) is 0 Å². The molecule has 0 fully saturated rings. The molecule has 1 aliphatic heterocycles. The summed E-state index contributed by atoms with van der Waals surface area (Å²) in [7, 11) is -1.93. The number of carbonyl (C=O) groups is 2. The van der Waals surface area contributed by atoms with Gasteiger partial charge in [-0.1, -0.05) is 18.2 Å². The SMILES string of the molecule is C[C@H]1CN(C(=O)O)c2cc(-c3ccc(N(C)S(C)(=O)=O)cc3)ccc2N1C(=O)O. The minimum atomic E-state index is -3.38. The molecule has 2 aromatic carbocycles. The highest BCUT2D eigenvalue weighted by atomic mass is 32.2. The van der Waals surface area contributed by atoms with Gasteiger partial charge in [0, 0.05) is 7.05 Å². The lowest BCUT2D eigenvalue weighted by Crippen LogP contribution is -2.51. The number of hydrogen-bond acceptors (Lipinski definition) is 4. The van der Waals surface area contributed by atoms with Gasteiger partial charge in [-0.3, -0.25) is 14.1 Å². The smallest absolute Gasteiger partial charge is 0.412 e. The van der Waals surface area contributed by atoms with Gasteiger partial charge in [-0.05, 0) is 42.3 Å². The zero-order chi connectivity index (χ0) is 21.5. The molecule has 10 heteroatoms. The molecule has 0 saturated carbocycles. The Bertz CT molecular complexity index is 1070. The van der Waals surface area contributed by atoms with Crippen LogP contribution in [-0.4, -0.2) is 56.7 Å². The fourth-order valence-electron chi connectivity index (χ4n) is 3.33. The molecular formula is C19H21N3O6S. The minimum Gasteiger partial charge on any atom is -0.465 e. The van der Waals surface area contributed by atoms with E-state index in [1.807, 2.05) is 0 Å². The number of sulfonamides is 1. The number of amides is 2. The standard InChI is InChI=1S/C19H21N3O6S/c1-12-11-21(18(23)24)17-10-14(6-9-16(17)22(12)19(25)26)13-4-7-15(8-5-13)20(2)29(3,27)28/h4-10,12H,11H2,1-3H3,(H,23,24)(H,25,26)/t12-/m0/s1. The molecule has 0 bridgehead atoms. The van der Waals surface area contributed by atoms with Gasteiger partial charge in [0.05, 0.1) is 35.9 Å². The van der Waals surface area contributed by atoms with Gasteiger partial charge in [0.2, 0.25) is 10.0 Å². The van der Waals surface area contributed by atoms with Gasteiger partial charge in [0.1, 0.15) is 0 Å². The number of rotatable bonds is 3. The fourth-order valence-corrected chi connectivity index (χ4v) is 3.84. The Morgan fingerprint density at radius 3 is 2.10 bits per heavy atom. The third-order valence-corrected chi connectivity index (χ3v) is 6.12. The molecule has 2 aromatic rings. The van der Waals surface area contributed by atoms with Crippen molar-refractivity contribution in [3.8, 4) is 11.1 Å². The molecule has 1 heterocycles. The molecule has 0 unspecified atom stereocenters. The Labute approximate surface area is 168 Å². The molecule has 1 atom stereocenters. The lowest BCUT2D eigenvalue weighted by atomic mass is 10.0. The average molecular weight is 419 g/mol. The molecule has 9 nitrogen and oxygen atoms in total. The number of benzene rings is 2. The van der Waals surface area contributed by atoms with E-state index in [4.69, 9.17) is 0 Å². The van der Waals surface area contributed by atoms with Crippen LogP contribution in [0.2, 0.25) is 0 Å². The van der Waals surface area contributed by atoms with Crippen LogP contribution < -0.4 is 14.1 Å². The number of carboxylic acid groups (broad SMARTS) is 2. The second kappa shape index (κ2) is 7.28. The van der Waals surface area contributed by atoms with Crippen molar-refractivity contribution < 1.29 is 28.2 Å². The predicted molar refractivity (Wildman–Crippen MR) is 110 cm³/mol. The predicted octanol–water partition coefficient (Wildman–Crippen LogP) is 3.12. The summed E-state index contributed by atoms with van der Waals surface area (Å²) < 4.78 is 24.5. The van der Waals surface area contributed by atoms with Gasteiger partial charge in [-0.15, -0.1) is 0 Å². The van der Waals surface area contributed by atoms with E-state index >= 15 is 0 Å². The quantitative estimate of drug-likeness (QED) is 0.789. The topological polar surface area (TPSA) is 118 Å². The van der Waals surface area contributed by atoms with Crippen molar-refractivity contribution in [2.45, 2.75) is 13.0 Å². The first kappa shape index (κ1) is 20.5. The first-order valence-electron chi connectivity index (χ1n) is 8.71. The molecule has 1 aliphatic rings. The van der Waals surface area contributed by atoms with Crippen molar-refractivity contribution in [2.75, 3.05) is 34.0 Å². The summed E-state index contributed by atoms with van der Waals surface area (Å²) in [6.07, 6.45) is -1.20. The highest BCUT2D eigenvalue weighted by molar-refractivity contribution is 7.92. The molecule has 2 amide bonds. The summed E-state index contributed by atoms with van der Waals surface area (Å²) in [6.45, 7) is 1.67. The van der Waals surface area contributed by atoms with E-state index in [1.165, 1.54) is 7.05 Å². The second-order valence-corrected chi connectivity index (χ2v) is 8.89. The highest BCUT2D eigenvalue weighted by Gasteiger charge is 2.35. The van der Waals surface area contributed by atoms with Gasteiger partial charge in [-0.2, -0.15) is 0 Å². The van der Waals surface area contributed by atoms with Crippen LogP contribution in [0.15, 0.2) is 42.5 Å². The Hall–Kier alpha value is -3.27. The number of hydrogen-bond donors (Lipinski definition) is 2. The van der Waals surface area contributed by atoms with Crippen LogP contribution in [0.4, 0.5) is 26.7 Å². The Morgan fingerprint density at radius 2 is 1.59 bits per heavy atom. The van der Waals surface area contributed by atoms with E-state index in [0.29, 0.717) is 16.9 Å². The van der Waals surface area contributed by atoms with Gasteiger partial charge in [0.15, 0.2) is 0 Å². The molecule has 0 aliphatic carbocycles. The molecule has 2 N–H and O–H groups in total. The van der Waals surface area contributed by atoms with Gasteiger partial charge < -0.3 is 10.2 Å². The number of nitrogens with zero attached hydrogens (tertiary/aromatic N) is 3. The summed E-state index contributed by atoms with van der Waals surface area (Å²) in [5.74, 6) is 0. The first-order chi connectivity index (χ1) is 13.5. The summed E-state index contributed by atoms with van der Waals surface area (Å²) in [5.41, 5.74) is 2.50. The maximum Gasteiger partial charge on any atom is 0.412 e. The van der Waals surface area contributed by atoms with Crippen molar-refractivity contribution in [3.05, 3.63) is 42.5 Å². The molecule has 0 saturated heterocycles. The first-order valence-corrected chi connectivity index (χ1v) is 10.6. The molecule has 3 rings (SSSR count). The monoisotopic (exact) mass is 419 g/mol. The lowest BCUT2D eigenvalue weighted by Gasteiger charge is -2.38. The van der Waals surface area contributed by atoms with Crippen molar-refractivity contribution in [1.82, 2.24) is 0 Å². The van der Waals surface area contributed by atoms with Crippen LogP contribution in [0, 0.1) is 0 Å². The second-order valence-electron chi connectivity index (χ2n) is 6.88. The fraction of sp³-hybridized carbons (Fsp3) is 0.263. The van der Waals surface area contributed by atoms with Crippen molar-refractivity contribution >= 4 is 39.3 Å². The van der Waals surface area contributed by atoms with Crippen molar-refractivity contribution in [2.24, 2.45) is 0 Å². The normalized spacial score (nSPS) is 16.3. The van der Waals surface area contributed by atoms with E-state index < -0.39 is 28.3 Å². The van der Waals surface area contributed by atoms with Crippen LogP contribution in [0.3, 0.4) is 0 Å². The van der Waals surface area contributed by atoms with Gasteiger partial charge >= 0.3 is 12.2 Å². The Balaban J connectivity index is 2.04.